The second-order valence-corrected chi connectivity index (χ2v) is 19.5. The summed E-state index contributed by atoms with van der Waals surface area (Å²) in [6.07, 6.45) is 75.8. The molecule has 1 atom stereocenters. The first-order valence-electron chi connectivity index (χ1n) is 29.6. The SMILES string of the molecule is CC/C=C\C/C=C\C/C=C\CCCCCC(=O)OCC(COC(=O)CCCCCCCC/C=C\C/C=C\C/C=C\CCCCCCC)OC(=O)CCCCCCCCC/C=C\CCCCCCCCC. The van der Waals surface area contributed by atoms with Crippen LogP contribution < -0.4 is 0 Å². The number of esters is 3. The van der Waals surface area contributed by atoms with Crippen LogP contribution in [0.1, 0.15) is 284 Å². The van der Waals surface area contributed by atoms with Gasteiger partial charge in [0.1, 0.15) is 13.2 Å². The van der Waals surface area contributed by atoms with Gasteiger partial charge in [0.2, 0.25) is 0 Å². The Bertz CT molecular complexity index is 1350. The maximum absolute atomic E-state index is 12.9. The average molecular weight is 976 g/mol. The Balaban J connectivity index is 4.41. The fourth-order valence-electron chi connectivity index (χ4n) is 8.16. The standard InChI is InChI=1S/C64H110O6/c1-4-7-10-13-16-19-22-25-27-29-31-32-33-35-36-39-42-45-48-51-54-57-63(66)69-60-61(59-68-62(65)56-53-50-47-44-41-38-24-21-18-15-12-9-6-3)70-64(67)58-55-52-49-46-43-40-37-34-30-28-26-23-20-17-14-11-8-5-2/h9,12,18,21-22,25,28-31,33,35,38,41,61H,4-8,10-11,13-17,19-20,23-24,26-27,32,34,36-37,39-40,42-60H2,1-3H3/b12-9-,21-18-,25-22-,30-28-,31-29-,35-33-,41-38-. The van der Waals surface area contributed by atoms with Gasteiger partial charge in [-0.2, -0.15) is 0 Å². The maximum atomic E-state index is 12.9. The summed E-state index contributed by atoms with van der Waals surface area (Å²) in [6, 6.07) is 0. The summed E-state index contributed by atoms with van der Waals surface area (Å²) < 4.78 is 16.8. The number of allylic oxidation sites excluding steroid dienone is 14. The lowest BCUT2D eigenvalue weighted by atomic mass is 10.1. The topological polar surface area (TPSA) is 78.9 Å². The number of rotatable bonds is 53. The van der Waals surface area contributed by atoms with Crippen molar-refractivity contribution in [1.29, 1.82) is 0 Å². The largest absolute Gasteiger partial charge is 0.462 e. The summed E-state index contributed by atoms with van der Waals surface area (Å²) in [7, 11) is 0. The number of carbonyl (C=O) groups is 3. The smallest absolute Gasteiger partial charge is 0.306 e. The van der Waals surface area contributed by atoms with E-state index in [0.717, 1.165) is 103 Å². The van der Waals surface area contributed by atoms with Gasteiger partial charge in [-0.05, 0) is 116 Å². The molecule has 0 amide bonds. The van der Waals surface area contributed by atoms with Crippen molar-refractivity contribution in [3.8, 4) is 0 Å². The first-order chi connectivity index (χ1) is 34.5. The van der Waals surface area contributed by atoms with E-state index in [1.54, 1.807) is 0 Å². The zero-order valence-electron chi connectivity index (χ0n) is 46.0. The van der Waals surface area contributed by atoms with Crippen LogP contribution >= 0.6 is 0 Å². The van der Waals surface area contributed by atoms with E-state index in [9.17, 15) is 14.4 Å². The minimum Gasteiger partial charge on any atom is -0.462 e. The Kier molecular flexibility index (Phi) is 55.3. The molecule has 0 aliphatic carbocycles. The third-order valence-electron chi connectivity index (χ3n) is 12.6. The molecule has 0 radical (unpaired) electrons. The highest BCUT2D eigenvalue weighted by molar-refractivity contribution is 5.71. The molecule has 0 rings (SSSR count). The zero-order valence-corrected chi connectivity index (χ0v) is 46.0. The molecule has 0 aromatic rings. The molecule has 0 aliphatic rings. The summed E-state index contributed by atoms with van der Waals surface area (Å²) in [5.41, 5.74) is 0. The van der Waals surface area contributed by atoms with Crippen LogP contribution in [0, 0.1) is 0 Å². The van der Waals surface area contributed by atoms with Crippen LogP contribution in [-0.4, -0.2) is 37.2 Å². The Labute approximate surface area is 433 Å². The van der Waals surface area contributed by atoms with Gasteiger partial charge in [-0.1, -0.05) is 234 Å². The molecule has 1 unspecified atom stereocenters. The van der Waals surface area contributed by atoms with Crippen LogP contribution in [0.2, 0.25) is 0 Å². The monoisotopic (exact) mass is 975 g/mol. The van der Waals surface area contributed by atoms with Gasteiger partial charge in [-0.3, -0.25) is 14.4 Å². The van der Waals surface area contributed by atoms with Crippen LogP contribution in [0.3, 0.4) is 0 Å². The van der Waals surface area contributed by atoms with E-state index in [-0.39, 0.29) is 31.1 Å². The Morgan fingerprint density at radius 1 is 0.300 bits per heavy atom. The molecule has 402 valence electrons. The number of hydrogen-bond acceptors (Lipinski definition) is 6. The predicted octanol–water partition coefficient (Wildman–Crippen LogP) is 19.9. The van der Waals surface area contributed by atoms with E-state index < -0.39 is 6.10 Å². The van der Waals surface area contributed by atoms with Crippen LogP contribution in [0.4, 0.5) is 0 Å². The molecule has 0 aromatic heterocycles. The van der Waals surface area contributed by atoms with Gasteiger partial charge in [-0.25, -0.2) is 0 Å². The van der Waals surface area contributed by atoms with Crippen LogP contribution in [0.15, 0.2) is 85.1 Å². The minimum absolute atomic E-state index is 0.0945. The van der Waals surface area contributed by atoms with Crippen molar-refractivity contribution < 1.29 is 28.6 Å². The molecule has 6 nitrogen and oxygen atoms in total. The van der Waals surface area contributed by atoms with Gasteiger partial charge in [0.15, 0.2) is 6.10 Å². The first kappa shape index (κ1) is 66.6. The molecule has 6 heteroatoms. The zero-order chi connectivity index (χ0) is 50.7. The van der Waals surface area contributed by atoms with Crippen LogP contribution in [0.25, 0.3) is 0 Å². The van der Waals surface area contributed by atoms with Crippen LogP contribution in [0.5, 0.6) is 0 Å². The molecule has 0 aromatic carbocycles. The quantitative estimate of drug-likeness (QED) is 0.0261. The number of unbranched alkanes of at least 4 members (excludes halogenated alkanes) is 28. The lowest BCUT2D eigenvalue weighted by Gasteiger charge is -2.18. The Hall–Kier alpha value is -3.41. The predicted molar refractivity (Wildman–Crippen MR) is 302 cm³/mol. The van der Waals surface area contributed by atoms with Crippen molar-refractivity contribution in [3.63, 3.8) is 0 Å². The lowest BCUT2D eigenvalue weighted by Crippen LogP contribution is -2.30. The van der Waals surface area contributed by atoms with Crippen molar-refractivity contribution in [2.75, 3.05) is 13.2 Å². The van der Waals surface area contributed by atoms with Gasteiger partial charge in [-0.15, -0.1) is 0 Å². The van der Waals surface area contributed by atoms with Gasteiger partial charge in [0, 0.05) is 19.3 Å². The molecular formula is C64H110O6. The van der Waals surface area contributed by atoms with Crippen molar-refractivity contribution in [3.05, 3.63) is 85.1 Å². The Morgan fingerprint density at radius 2 is 0.557 bits per heavy atom. The van der Waals surface area contributed by atoms with Gasteiger partial charge < -0.3 is 14.2 Å². The van der Waals surface area contributed by atoms with Crippen molar-refractivity contribution in [1.82, 2.24) is 0 Å². The molecule has 0 saturated carbocycles. The normalized spacial score (nSPS) is 12.7. The van der Waals surface area contributed by atoms with Gasteiger partial charge in [0.25, 0.3) is 0 Å². The number of ether oxygens (including phenoxy) is 3. The number of hydrogen-bond donors (Lipinski definition) is 0. The van der Waals surface area contributed by atoms with Crippen molar-refractivity contribution in [2.24, 2.45) is 0 Å². The van der Waals surface area contributed by atoms with Crippen LogP contribution in [-0.2, 0) is 28.6 Å². The number of carbonyl (C=O) groups excluding carboxylic acids is 3. The van der Waals surface area contributed by atoms with E-state index in [1.807, 2.05) is 0 Å². The third-order valence-corrected chi connectivity index (χ3v) is 12.6. The Morgan fingerprint density at radius 3 is 0.900 bits per heavy atom. The highest BCUT2D eigenvalue weighted by Crippen LogP contribution is 2.15. The second kappa shape index (κ2) is 58.2. The molecule has 0 spiro atoms. The highest BCUT2D eigenvalue weighted by atomic mass is 16.6. The summed E-state index contributed by atoms with van der Waals surface area (Å²) in [6.45, 7) is 6.49. The summed E-state index contributed by atoms with van der Waals surface area (Å²) in [4.78, 5) is 38.2. The molecule has 70 heavy (non-hydrogen) atoms. The summed E-state index contributed by atoms with van der Waals surface area (Å²) >= 11 is 0. The molecular weight excluding hydrogens is 865 g/mol. The third kappa shape index (κ3) is 55.5. The van der Waals surface area contributed by atoms with E-state index in [4.69, 9.17) is 14.2 Å². The fourth-order valence-corrected chi connectivity index (χ4v) is 8.16. The molecule has 0 bridgehead atoms. The highest BCUT2D eigenvalue weighted by Gasteiger charge is 2.19. The summed E-state index contributed by atoms with van der Waals surface area (Å²) in [5.74, 6) is -0.934. The first-order valence-corrected chi connectivity index (χ1v) is 29.6. The van der Waals surface area contributed by atoms with E-state index in [2.05, 4.69) is 106 Å². The molecule has 0 N–H and O–H groups in total. The van der Waals surface area contributed by atoms with E-state index in [1.165, 1.54) is 141 Å². The summed E-state index contributed by atoms with van der Waals surface area (Å²) in [5, 5.41) is 0. The maximum Gasteiger partial charge on any atom is 0.306 e. The molecule has 0 heterocycles. The molecule has 0 saturated heterocycles. The molecule has 0 aliphatic heterocycles. The van der Waals surface area contributed by atoms with E-state index >= 15 is 0 Å². The van der Waals surface area contributed by atoms with Crippen molar-refractivity contribution >= 4 is 17.9 Å². The second-order valence-electron chi connectivity index (χ2n) is 19.5. The van der Waals surface area contributed by atoms with Crippen molar-refractivity contribution in [2.45, 2.75) is 290 Å². The van der Waals surface area contributed by atoms with E-state index in [0.29, 0.717) is 19.3 Å². The molecule has 0 fully saturated rings. The lowest BCUT2D eigenvalue weighted by molar-refractivity contribution is -0.167. The van der Waals surface area contributed by atoms with Gasteiger partial charge >= 0.3 is 17.9 Å². The minimum atomic E-state index is -0.797. The fraction of sp³-hybridized carbons (Fsp3) is 0.734. The van der Waals surface area contributed by atoms with Gasteiger partial charge in [0.05, 0.1) is 0 Å². The average Bonchev–Trinajstić information content (AvgIpc) is 3.36.